The Morgan fingerprint density at radius 2 is 1.74 bits per heavy atom. The lowest BCUT2D eigenvalue weighted by molar-refractivity contribution is -0.140. The first-order chi connectivity index (χ1) is 11.0. The van der Waals surface area contributed by atoms with Gasteiger partial charge in [0.15, 0.2) is 0 Å². The summed E-state index contributed by atoms with van der Waals surface area (Å²) in [6.45, 7) is 7.62. The molecule has 0 bridgehead atoms. The first-order valence-electron chi connectivity index (χ1n) is 7.86. The third-order valence-corrected chi connectivity index (χ3v) is 4.12. The van der Waals surface area contributed by atoms with Crippen LogP contribution in [0.3, 0.4) is 0 Å². The fourth-order valence-electron chi connectivity index (χ4n) is 2.25. The monoisotopic (exact) mass is 340 g/mol. The number of rotatable bonds is 9. The molecule has 0 spiro atoms. The van der Waals surface area contributed by atoms with Crippen LogP contribution in [-0.2, 0) is 9.53 Å². The number of amides is 1. The topological polar surface area (TPSA) is 49.9 Å². The molecule has 23 heavy (non-hydrogen) atoms. The third kappa shape index (κ3) is 6.20. The van der Waals surface area contributed by atoms with Crippen LogP contribution >= 0.6 is 11.6 Å². The highest BCUT2D eigenvalue weighted by atomic mass is 35.5. The SMILES string of the molecule is CCN(CC)CCN(CCC(=O)OC)C(=O)c1ccccc1Cl. The number of hydrogen-bond donors (Lipinski definition) is 0. The molecule has 0 saturated heterocycles. The maximum Gasteiger partial charge on any atom is 0.307 e. The van der Waals surface area contributed by atoms with Gasteiger partial charge in [-0.05, 0) is 25.2 Å². The largest absolute Gasteiger partial charge is 0.469 e. The molecule has 6 heteroatoms. The van der Waals surface area contributed by atoms with Crippen LogP contribution in [0.5, 0.6) is 0 Å². The zero-order valence-electron chi connectivity index (χ0n) is 14.0. The fourth-order valence-corrected chi connectivity index (χ4v) is 2.47. The number of halogens is 1. The molecule has 0 unspecified atom stereocenters. The van der Waals surface area contributed by atoms with Gasteiger partial charge in [0.1, 0.15) is 0 Å². The summed E-state index contributed by atoms with van der Waals surface area (Å²) in [5, 5.41) is 0.420. The van der Waals surface area contributed by atoms with E-state index in [-0.39, 0.29) is 18.3 Å². The zero-order chi connectivity index (χ0) is 17.2. The van der Waals surface area contributed by atoms with Crippen molar-refractivity contribution in [1.29, 1.82) is 0 Å². The van der Waals surface area contributed by atoms with Crippen molar-refractivity contribution in [1.82, 2.24) is 9.80 Å². The summed E-state index contributed by atoms with van der Waals surface area (Å²) >= 11 is 6.12. The molecular weight excluding hydrogens is 316 g/mol. The molecule has 0 aliphatic carbocycles. The standard InChI is InChI=1S/C17H25ClN2O3/c1-4-19(5-2)12-13-20(11-10-16(21)23-3)17(22)14-8-6-7-9-15(14)18/h6-9H,4-5,10-13H2,1-3H3. The predicted octanol–water partition coefficient (Wildman–Crippen LogP) is 2.69. The molecule has 0 N–H and O–H groups in total. The lowest BCUT2D eigenvalue weighted by Gasteiger charge is -2.26. The van der Waals surface area contributed by atoms with E-state index >= 15 is 0 Å². The number of methoxy groups -OCH3 is 1. The molecule has 1 aromatic rings. The Bertz CT molecular complexity index is 518. The van der Waals surface area contributed by atoms with Crippen molar-refractivity contribution in [3.8, 4) is 0 Å². The van der Waals surface area contributed by atoms with Crippen LogP contribution in [0.25, 0.3) is 0 Å². The van der Waals surface area contributed by atoms with Gasteiger partial charge >= 0.3 is 5.97 Å². The van der Waals surface area contributed by atoms with Crippen LogP contribution in [0.2, 0.25) is 5.02 Å². The second-order valence-corrected chi connectivity index (χ2v) is 5.53. The van der Waals surface area contributed by atoms with Crippen LogP contribution in [0.4, 0.5) is 0 Å². The Labute approximate surface area is 143 Å². The molecule has 0 aliphatic rings. The summed E-state index contributed by atoms with van der Waals surface area (Å²) in [5.41, 5.74) is 0.457. The molecule has 0 fully saturated rings. The van der Waals surface area contributed by atoms with Crippen molar-refractivity contribution >= 4 is 23.5 Å². The molecule has 0 heterocycles. The maximum absolute atomic E-state index is 12.7. The molecule has 0 atom stereocenters. The number of carbonyl (C=O) groups excluding carboxylic acids is 2. The van der Waals surface area contributed by atoms with Gasteiger partial charge in [0.2, 0.25) is 0 Å². The third-order valence-electron chi connectivity index (χ3n) is 3.79. The Morgan fingerprint density at radius 3 is 2.30 bits per heavy atom. The molecule has 0 aliphatic heterocycles. The van der Waals surface area contributed by atoms with Crippen molar-refractivity contribution in [3.05, 3.63) is 34.9 Å². The minimum Gasteiger partial charge on any atom is -0.469 e. The van der Waals surface area contributed by atoms with Gasteiger partial charge in [-0.25, -0.2) is 0 Å². The summed E-state index contributed by atoms with van der Waals surface area (Å²) in [7, 11) is 1.35. The first-order valence-corrected chi connectivity index (χ1v) is 8.24. The lowest BCUT2D eigenvalue weighted by Crippen LogP contribution is -2.40. The van der Waals surface area contributed by atoms with Gasteiger partial charge in [0.05, 0.1) is 24.1 Å². The van der Waals surface area contributed by atoms with E-state index in [9.17, 15) is 9.59 Å². The van der Waals surface area contributed by atoms with Gasteiger partial charge in [0.25, 0.3) is 5.91 Å². The summed E-state index contributed by atoms with van der Waals surface area (Å²) in [6, 6.07) is 6.96. The number of nitrogens with zero attached hydrogens (tertiary/aromatic N) is 2. The minimum atomic E-state index is -0.329. The van der Waals surface area contributed by atoms with Crippen molar-refractivity contribution in [3.63, 3.8) is 0 Å². The molecule has 0 radical (unpaired) electrons. The van der Waals surface area contributed by atoms with E-state index in [2.05, 4.69) is 23.5 Å². The van der Waals surface area contributed by atoms with E-state index in [0.29, 0.717) is 23.7 Å². The van der Waals surface area contributed by atoms with E-state index < -0.39 is 0 Å². The van der Waals surface area contributed by atoms with E-state index in [1.165, 1.54) is 7.11 Å². The van der Waals surface area contributed by atoms with Gasteiger partial charge in [-0.2, -0.15) is 0 Å². The molecule has 1 rings (SSSR count). The summed E-state index contributed by atoms with van der Waals surface area (Å²) < 4.78 is 4.66. The maximum atomic E-state index is 12.7. The quantitative estimate of drug-likeness (QED) is 0.648. The number of carbonyl (C=O) groups is 2. The second-order valence-electron chi connectivity index (χ2n) is 5.13. The van der Waals surface area contributed by atoms with Crippen molar-refractivity contribution in [2.45, 2.75) is 20.3 Å². The van der Waals surface area contributed by atoms with Crippen molar-refractivity contribution in [2.24, 2.45) is 0 Å². The van der Waals surface area contributed by atoms with Gasteiger partial charge in [-0.3, -0.25) is 9.59 Å². The molecule has 1 amide bonds. The smallest absolute Gasteiger partial charge is 0.307 e. The zero-order valence-corrected chi connectivity index (χ0v) is 14.8. The lowest BCUT2D eigenvalue weighted by atomic mass is 10.2. The Hall–Kier alpha value is -1.59. The Morgan fingerprint density at radius 1 is 1.09 bits per heavy atom. The van der Waals surface area contributed by atoms with Crippen molar-refractivity contribution in [2.75, 3.05) is 39.8 Å². The molecular formula is C17H25ClN2O3. The average molecular weight is 341 g/mol. The van der Waals surface area contributed by atoms with Crippen molar-refractivity contribution < 1.29 is 14.3 Å². The summed E-state index contributed by atoms with van der Waals surface area (Å²) in [6.07, 6.45) is 0.172. The highest BCUT2D eigenvalue weighted by Crippen LogP contribution is 2.17. The number of benzene rings is 1. The van der Waals surface area contributed by atoms with E-state index in [1.54, 1.807) is 29.2 Å². The second kappa shape index (κ2) is 10.2. The normalized spacial score (nSPS) is 10.7. The van der Waals surface area contributed by atoms with Crippen LogP contribution in [0.1, 0.15) is 30.6 Å². The number of ether oxygens (including phenoxy) is 1. The van der Waals surface area contributed by atoms with Crippen LogP contribution in [0, 0.1) is 0 Å². The summed E-state index contributed by atoms with van der Waals surface area (Å²) in [5.74, 6) is -0.489. The van der Waals surface area contributed by atoms with Gasteiger partial charge < -0.3 is 14.5 Å². The predicted molar refractivity (Wildman–Crippen MR) is 91.8 cm³/mol. The van der Waals surface area contributed by atoms with Gasteiger partial charge in [-0.1, -0.05) is 37.6 Å². The highest BCUT2D eigenvalue weighted by molar-refractivity contribution is 6.33. The average Bonchev–Trinajstić information content (AvgIpc) is 2.57. The van der Waals surface area contributed by atoms with E-state index in [1.807, 2.05) is 0 Å². The molecule has 0 aromatic heterocycles. The number of likely N-dealkylation sites (N-methyl/N-ethyl adjacent to an activating group) is 1. The van der Waals surface area contributed by atoms with E-state index in [0.717, 1.165) is 19.6 Å². The molecule has 0 saturated carbocycles. The van der Waals surface area contributed by atoms with Gasteiger partial charge in [0, 0.05) is 19.6 Å². The highest BCUT2D eigenvalue weighted by Gasteiger charge is 2.19. The Kier molecular flexibility index (Phi) is 8.66. The number of esters is 1. The van der Waals surface area contributed by atoms with E-state index in [4.69, 9.17) is 11.6 Å². The fraction of sp³-hybridized carbons (Fsp3) is 0.529. The summed E-state index contributed by atoms with van der Waals surface area (Å²) in [4.78, 5) is 28.0. The molecule has 128 valence electrons. The number of hydrogen-bond acceptors (Lipinski definition) is 4. The Balaban J connectivity index is 2.82. The van der Waals surface area contributed by atoms with Crippen LogP contribution in [-0.4, -0.2) is 61.5 Å². The molecule has 5 nitrogen and oxygen atoms in total. The van der Waals surface area contributed by atoms with Crippen LogP contribution in [0.15, 0.2) is 24.3 Å². The molecule has 1 aromatic carbocycles. The first kappa shape index (κ1) is 19.5. The minimum absolute atomic E-state index is 0.161. The van der Waals surface area contributed by atoms with Crippen LogP contribution < -0.4 is 0 Å². The van der Waals surface area contributed by atoms with Gasteiger partial charge in [-0.15, -0.1) is 0 Å².